The van der Waals surface area contributed by atoms with Crippen molar-refractivity contribution in [1.29, 1.82) is 0 Å². The zero-order valence-corrected chi connectivity index (χ0v) is 9.55. The van der Waals surface area contributed by atoms with Crippen LogP contribution < -0.4 is 11.1 Å². The first-order valence-electron chi connectivity index (χ1n) is 6.13. The predicted octanol–water partition coefficient (Wildman–Crippen LogP) is 1.75. The van der Waals surface area contributed by atoms with E-state index in [1.54, 1.807) is 0 Å². The van der Waals surface area contributed by atoms with Crippen molar-refractivity contribution >= 4 is 0 Å². The molecule has 0 spiro atoms. The van der Waals surface area contributed by atoms with E-state index in [-0.39, 0.29) is 5.54 Å². The third kappa shape index (κ3) is 1.82. The van der Waals surface area contributed by atoms with Gasteiger partial charge in [-0.25, -0.2) is 0 Å². The average molecular weight is 196 g/mol. The van der Waals surface area contributed by atoms with Gasteiger partial charge in [-0.3, -0.25) is 0 Å². The Morgan fingerprint density at radius 1 is 1.43 bits per heavy atom. The molecule has 2 saturated carbocycles. The second-order valence-electron chi connectivity index (χ2n) is 5.51. The fourth-order valence-electron chi connectivity index (χ4n) is 2.90. The molecule has 4 atom stereocenters. The lowest BCUT2D eigenvalue weighted by Gasteiger charge is -2.34. The Labute approximate surface area is 87.6 Å². The molecule has 2 aliphatic rings. The molecule has 0 aliphatic heterocycles. The van der Waals surface area contributed by atoms with Crippen LogP contribution in [0.4, 0.5) is 0 Å². The molecule has 2 aliphatic carbocycles. The lowest BCUT2D eigenvalue weighted by atomic mass is 9.88. The van der Waals surface area contributed by atoms with E-state index in [2.05, 4.69) is 19.2 Å². The topological polar surface area (TPSA) is 38.0 Å². The van der Waals surface area contributed by atoms with Crippen molar-refractivity contribution < 1.29 is 0 Å². The van der Waals surface area contributed by atoms with Crippen LogP contribution in [-0.2, 0) is 0 Å². The molecule has 0 amide bonds. The van der Waals surface area contributed by atoms with Crippen molar-refractivity contribution in [2.24, 2.45) is 23.5 Å². The minimum Gasteiger partial charge on any atom is -0.329 e. The van der Waals surface area contributed by atoms with E-state index in [9.17, 15) is 0 Å². The summed E-state index contributed by atoms with van der Waals surface area (Å²) >= 11 is 0. The van der Waals surface area contributed by atoms with Crippen LogP contribution in [0.2, 0.25) is 0 Å². The van der Waals surface area contributed by atoms with Crippen molar-refractivity contribution in [3.05, 3.63) is 0 Å². The van der Waals surface area contributed by atoms with Crippen LogP contribution in [0.1, 0.15) is 39.5 Å². The minimum atomic E-state index is 0.280. The first-order valence-corrected chi connectivity index (χ1v) is 6.13. The SMILES string of the molecule is CC1CC1CNC1(CN)CCCC1C. The summed E-state index contributed by atoms with van der Waals surface area (Å²) < 4.78 is 0. The Balaban J connectivity index is 1.85. The highest BCUT2D eigenvalue weighted by Crippen LogP contribution is 2.39. The molecule has 0 aromatic carbocycles. The molecular formula is C12H24N2. The van der Waals surface area contributed by atoms with E-state index in [0.29, 0.717) is 0 Å². The molecular weight excluding hydrogens is 172 g/mol. The van der Waals surface area contributed by atoms with Gasteiger partial charge in [-0.05, 0) is 43.6 Å². The van der Waals surface area contributed by atoms with E-state index < -0.39 is 0 Å². The first-order chi connectivity index (χ1) is 6.68. The Morgan fingerprint density at radius 3 is 2.57 bits per heavy atom. The summed E-state index contributed by atoms with van der Waals surface area (Å²) in [5.41, 5.74) is 6.22. The zero-order valence-electron chi connectivity index (χ0n) is 9.55. The minimum absolute atomic E-state index is 0.280. The van der Waals surface area contributed by atoms with Gasteiger partial charge in [0, 0.05) is 12.1 Å². The van der Waals surface area contributed by atoms with Crippen LogP contribution in [0.25, 0.3) is 0 Å². The maximum Gasteiger partial charge on any atom is 0.0329 e. The van der Waals surface area contributed by atoms with Crippen LogP contribution in [-0.4, -0.2) is 18.6 Å². The highest BCUT2D eigenvalue weighted by Gasteiger charge is 2.41. The summed E-state index contributed by atoms with van der Waals surface area (Å²) in [7, 11) is 0. The normalized spacial score (nSPS) is 46.9. The lowest BCUT2D eigenvalue weighted by Crippen LogP contribution is -2.53. The molecule has 2 rings (SSSR count). The van der Waals surface area contributed by atoms with Gasteiger partial charge < -0.3 is 11.1 Å². The molecule has 2 nitrogen and oxygen atoms in total. The second-order valence-corrected chi connectivity index (χ2v) is 5.51. The van der Waals surface area contributed by atoms with Crippen LogP contribution in [0.15, 0.2) is 0 Å². The van der Waals surface area contributed by atoms with Gasteiger partial charge in [0.2, 0.25) is 0 Å². The zero-order chi connectivity index (χ0) is 10.2. The monoisotopic (exact) mass is 196 g/mol. The van der Waals surface area contributed by atoms with Crippen LogP contribution in [0, 0.1) is 17.8 Å². The fraction of sp³-hybridized carbons (Fsp3) is 1.00. The molecule has 2 heteroatoms. The summed E-state index contributed by atoms with van der Waals surface area (Å²) in [5, 5.41) is 3.76. The van der Waals surface area contributed by atoms with Gasteiger partial charge in [0.1, 0.15) is 0 Å². The number of hydrogen-bond acceptors (Lipinski definition) is 2. The fourth-order valence-corrected chi connectivity index (χ4v) is 2.90. The lowest BCUT2D eigenvalue weighted by molar-refractivity contribution is 0.262. The van der Waals surface area contributed by atoms with Crippen LogP contribution >= 0.6 is 0 Å². The second kappa shape index (κ2) is 3.82. The van der Waals surface area contributed by atoms with Gasteiger partial charge in [0.25, 0.3) is 0 Å². The van der Waals surface area contributed by atoms with Gasteiger partial charge >= 0.3 is 0 Å². The largest absolute Gasteiger partial charge is 0.329 e. The Morgan fingerprint density at radius 2 is 2.14 bits per heavy atom. The molecule has 3 N–H and O–H groups in total. The number of nitrogens with one attached hydrogen (secondary N) is 1. The summed E-state index contributed by atoms with van der Waals surface area (Å²) in [6, 6.07) is 0. The highest BCUT2D eigenvalue weighted by molar-refractivity contribution is 5.00. The smallest absolute Gasteiger partial charge is 0.0329 e. The van der Waals surface area contributed by atoms with Gasteiger partial charge in [0.15, 0.2) is 0 Å². The molecule has 82 valence electrons. The van der Waals surface area contributed by atoms with E-state index >= 15 is 0 Å². The van der Waals surface area contributed by atoms with Crippen molar-refractivity contribution in [3.8, 4) is 0 Å². The molecule has 0 aromatic rings. The van der Waals surface area contributed by atoms with Crippen molar-refractivity contribution in [2.75, 3.05) is 13.1 Å². The van der Waals surface area contributed by atoms with Crippen LogP contribution in [0.3, 0.4) is 0 Å². The Kier molecular flexibility index (Phi) is 2.85. The number of rotatable bonds is 4. The molecule has 0 aromatic heterocycles. The maximum atomic E-state index is 5.94. The van der Waals surface area contributed by atoms with Gasteiger partial charge in [-0.1, -0.05) is 20.3 Å². The number of nitrogens with two attached hydrogens (primary N) is 1. The third-order valence-electron chi connectivity index (χ3n) is 4.56. The molecule has 0 radical (unpaired) electrons. The maximum absolute atomic E-state index is 5.94. The molecule has 0 bridgehead atoms. The summed E-state index contributed by atoms with van der Waals surface area (Å²) in [6.45, 7) is 6.71. The summed E-state index contributed by atoms with van der Waals surface area (Å²) in [4.78, 5) is 0. The molecule has 0 heterocycles. The summed E-state index contributed by atoms with van der Waals surface area (Å²) in [6.07, 6.45) is 5.41. The standard InChI is InChI=1S/C12H24N2/c1-9-6-11(9)7-14-12(8-13)5-3-4-10(12)2/h9-11,14H,3-8,13H2,1-2H3. The molecule has 14 heavy (non-hydrogen) atoms. The van der Waals surface area contributed by atoms with E-state index in [1.807, 2.05) is 0 Å². The molecule has 0 saturated heterocycles. The van der Waals surface area contributed by atoms with Crippen molar-refractivity contribution in [2.45, 2.75) is 45.1 Å². The first kappa shape index (κ1) is 10.4. The van der Waals surface area contributed by atoms with E-state index in [0.717, 1.165) is 24.3 Å². The average Bonchev–Trinajstić information content (AvgIpc) is 2.75. The van der Waals surface area contributed by atoms with Crippen molar-refractivity contribution in [1.82, 2.24) is 5.32 Å². The van der Waals surface area contributed by atoms with Crippen LogP contribution in [0.5, 0.6) is 0 Å². The Bertz CT molecular complexity index is 204. The predicted molar refractivity (Wildman–Crippen MR) is 60.1 cm³/mol. The molecule has 4 unspecified atom stereocenters. The number of hydrogen-bond donors (Lipinski definition) is 2. The molecule has 2 fully saturated rings. The van der Waals surface area contributed by atoms with E-state index in [4.69, 9.17) is 5.73 Å². The van der Waals surface area contributed by atoms with Gasteiger partial charge in [-0.15, -0.1) is 0 Å². The van der Waals surface area contributed by atoms with Crippen molar-refractivity contribution in [3.63, 3.8) is 0 Å². The summed E-state index contributed by atoms with van der Waals surface area (Å²) in [5.74, 6) is 2.65. The van der Waals surface area contributed by atoms with E-state index in [1.165, 1.54) is 32.2 Å². The van der Waals surface area contributed by atoms with Gasteiger partial charge in [-0.2, -0.15) is 0 Å². The quantitative estimate of drug-likeness (QED) is 0.719. The Hall–Kier alpha value is -0.0800. The third-order valence-corrected chi connectivity index (χ3v) is 4.56. The highest BCUT2D eigenvalue weighted by atomic mass is 15.0. The van der Waals surface area contributed by atoms with Gasteiger partial charge in [0.05, 0.1) is 0 Å².